The van der Waals surface area contributed by atoms with E-state index in [4.69, 9.17) is 16.3 Å². The van der Waals surface area contributed by atoms with Crippen LogP contribution in [0.5, 0.6) is 0 Å². The van der Waals surface area contributed by atoms with Gasteiger partial charge in [0.2, 0.25) is 0 Å². The highest BCUT2D eigenvalue weighted by Crippen LogP contribution is 2.18. The van der Waals surface area contributed by atoms with Crippen molar-refractivity contribution in [3.05, 3.63) is 20.9 Å². The lowest BCUT2D eigenvalue weighted by Gasteiger charge is -2.14. The topological polar surface area (TPSA) is 46.5 Å². The Bertz CT molecular complexity index is 397. The summed E-state index contributed by atoms with van der Waals surface area (Å²) in [5, 5.41) is 3.58. The van der Waals surface area contributed by atoms with Crippen molar-refractivity contribution in [1.29, 1.82) is 0 Å². The van der Waals surface area contributed by atoms with Crippen molar-refractivity contribution in [3.8, 4) is 0 Å². The highest BCUT2D eigenvalue weighted by Gasteiger charge is 2.08. The Hall–Kier alpha value is -0.400. The molecule has 0 bridgehead atoms. The first kappa shape index (κ1) is 11.1. The fourth-order valence-corrected chi connectivity index (χ4v) is 1.76. The van der Waals surface area contributed by atoms with Gasteiger partial charge in [0.05, 0.1) is 16.7 Å². The van der Waals surface area contributed by atoms with Gasteiger partial charge in [-0.3, -0.25) is 4.99 Å². The Balaban J connectivity index is 2.15. The third kappa shape index (κ3) is 3.02. The quantitative estimate of drug-likeness (QED) is 0.631. The molecule has 0 radical (unpaired) electrons. The molecule has 1 aromatic heterocycles. The molecule has 0 spiro atoms. The van der Waals surface area contributed by atoms with E-state index in [2.05, 4.69) is 37.9 Å². The van der Waals surface area contributed by atoms with Crippen molar-refractivity contribution >= 4 is 45.8 Å². The first-order valence-electron chi connectivity index (χ1n) is 4.46. The fourth-order valence-electron chi connectivity index (χ4n) is 1.18. The molecule has 0 saturated carbocycles. The van der Waals surface area contributed by atoms with Gasteiger partial charge in [0.15, 0.2) is 0 Å². The molecule has 0 unspecified atom stereocenters. The van der Waals surface area contributed by atoms with Crippen LogP contribution in [-0.2, 0) is 4.74 Å². The van der Waals surface area contributed by atoms with Crippen LogP contribution in [0.2, 0.25) is 5.15 Å². The summed E-state index contributed by atoms with van der Waals surface area (Å²) in [6, 6.07) is 3.66. The average Bonchev–Trinajstić information content (AvgIpc) is 2.25. The van der Waals surface area contributed by atoms with Gasteiger partial charge in [-0.2, -0.15) is 0 Å². The van der Waals surface area contributed by atoms with Gasteiger partial charge >= 0.3 is 0 Å². The number of rotatable bonds is 1. The summed E-state index contributed by atoms with van der Waals surface area (Å²) >= 11 is 8.00. The molecule has 15 heavy (non-hydrogen) atoms. The molecule has 6 heteroatoms. The number of amidine groups is 1. The van der Waals surface area contributed by atoms with Gasteiger partial charge < -0.3 is 10.1 Å². The van der Waals surface area contributed by atoms with Gasteiger partial charge in [-0.1, -0.05) is 11.6 Å². The minimum absolute atomic E-state index is 0.468. The molecule has 0 aromatic carbocycles. The van der Waals surface area contributed by atoms with E-state index in [0.29, 0.717) is 24.9 Å². The van der Waals surface area contributed by atoms with E-state index in [9.17, 15) is 0 Å². The number of halogens is 2. The number of nitrogens with zero attached hydrogens (tertiary/aromatic N) is 2. The SMILES string of the molecule is Clc1ccc(I)c(NC2=NCCOC2)n1. The molecule has 0 aliphatic carbocycles. The van der Waals surface area contributed by atoms with Crippen LogP contribution in [0.15, 0.2) is 17.1 Å². The zero-order valence-corrected chi connectivity index (χ0v) is 10.7. The predicted molar refractivity (Wildman–Crippen MR) is 68.7 cm³/mol. The number of aliphatic imine (C=N–C) groups is 1. The summed E-state index contributed by atoms with van der Waals surface area (Å²) in [6.45, 7) is 1.88. The molecule has 0 amide bonds. The summed E-state index contributed by atoms with van der Waals surface area (Å²) in [5.74, 6) is 1.53. The average molecular weight is 338 g/mol. The van der Waals surface area contributed by atoms with Crippen molar-refractivity contribution in [1.82, 2.24) is 4.98 Å². The number of ether oxygens (including phenoxy) is 1. The summed E-state index contributed by atoms with van der Waals surface area (Å²) in [5.41, 5.74) is 0. The molecule has 1 aliphatic heterocycles. The van der Waals surface area contributed by atoms with Crippen LogP contribution in [0.3, 0.4) is 0 Å². The summed E-state index contributed by atoms with van der Waals surface area (Å²) < 4.78 is 6.27. The van der Waals surface area contributed by atoms with Crippen molar-refractivity contribution < 1.29 is 4.74 Å². The molecule has 1 N–H and O–H groups in total. The number of aromatic nitrogens is 1. The minimum Gasteiger partial charge on any atom is -0.372 e. The molecule has 2 heterocycles. The first-order chi connectivity index (χ1) is 7.25. The van der Waals surface area contributed by atoms with E-state index in [1.54, 1.807) is 6.07 Å². The third-order valence-corrected chi connectivity index (χ3v) is 2.93. The second-order valence-electron chi connectivity index (χ2n) is 2.97. The van der Waals surface area contributed by atoms with E-state index in [1.807, 2.05) is 6.07 Å². The summed E-state index contributed by atoms with van der Waals surface area (Å²) in [6.07, 6.45) is 0. The Morgan fingerprint density at radius 3 is 3.07 bits per heavy atom. The standard InChI is InChI=1S/C9H9ClIN3O/c10-7-2-1-6(11)9(13-7)14-8-5-15-4-3-12-8/h1-2H,3-5H2,(H,12,13,14). The maximum absolute atomic E-state index is 5.81. The van der Waals surface area contributed by atoms with Gasteiger partial charge in [-0.25, -0.2) is 4.98 Å². The van der Waals surface area contributed by atoms with Crippen LogP contribution < -0.4 is 5.32 Å². The zero-order chi connectivity index (χ0) is 10.7. The van der Waals surface area contributed by atoms with Gasteiger partial charge in [0.25, 0.3) is 0 Å². The number of pyridine rings is 1. The van der Waals surface area contributed by atoms with E-state index in [-0.39, 0.29) is 0 Å². The maximum atomic E-state index is 5.81. The van der Waals surface area contributed by atoms with Gasteiger partial charge in [0, 0.05) is 0 Å². The molecule has 4 nitrogen and oxygen atoms in total. The molecular formula is C9H9ClIN3O. The van der Waals surface area contributed by atoms with Crippen molar-refractivity contribution in [2.24, 2.45) is 4.99 Å². The lowest BCUT2D eigenvalue weighted by atomic mass is 10.4. The number of nitrogens with one attached hydrogen (secondary N) is 1. The van der Waals surface area contributed by atoms with Crippen molar-refractivity contribution in [2.45, 2.75) is 0 Å². The fraction of sp³-hybridized carbons (Fsp3) is 0.333. The molecule has 0 atom stereocenters. The molecule has 1 aliphatic rings. The van der Waals surface area contributed by atoms with E-state index in [0.717, 1.165) is 15.2 Å². The zero-order valence-electron chi connectivity index (χ0n) is 7.83. The lowest BCUT2D eigenvalue weighted by Crippen LogP contribution is -2.25. The normalized spacial score (nSPS) is 16.0. The maximum Gasteiger partial charge on any atom is 0.146 e. The highest BCUT2D eigenvalue weighted by atomic mass is 127. The molecular weight excluding hydrogens is 328 g/mol. The first-order valence-corrected chi connectivity index (χ1v) is 5.91. The van der Waals surface area contributed by atoms with Gasteiger partial charge in [-0.05, 0) is 34.7 Å². The molecule has 2 rings (SSSR count). The monoisotopic (exact) mass is 337 g/mol. The van der Waals surface area contributed by atoms with Crippen LogP contribution in [-0.4, -0.2) is 30.6 Å². The molecule has 0 fully saturated rings. The Morgan fingerprint density at radius 2 is 2.33 bits per heavy atom. The number of hydrogen-bond acceptors (Lipinski definition) is 4. The second kappa shape index (κ2) is 5.09. The number of anilines is 1. The van der Waals surface area contributed by atoms with Crippen LogP contribution in [0, 0.1) is 3.57 Å². The van der Waals surface area contributed by atoms with Crippen LogP contribution in [0.1, 0.15) is 0 Å². The predicted octanol–water partition coefficient (Wildman–Crippen LogP) is 2.18. The molecule has 1 aromatic rings. The van der Waals surface area contributed by atoms with Gasteiger partial charge in [-0.15, -0.1) is 0 Å². The summed E-state index contributed by atoms with van der Waals surface area (Å²) in [4.78, 5) is 8.47. The van der Waals surface area contributed by atoms with E-state index < -0.39 is 0 Å². The minimum atomic E-state index is 0.468. The van der Waals surface area contributed by atoms with E-state index >= 15 is 0 Å². The number of hydrogen-bond donors (Lipinski definition) is 1. The van der Waals surface area contributed by atoms with Crippen LogP contribution >= 0.6 is 34.2 Å². The van der Waals surface area contributed by atoms with Crippen LogP contribution in [0.25, 0.3) is 0 Å². The van der Waals surface area contributed by atoms with Crippen LogP contribution in [0.4, 0.5) is 5.82 Å². The van der Waals surface area contributed by atoms with Crippen molar-refractivity contribution in [3.63, 3.8) is 0 Å². The van der Waals surface area contributed by atoms with Crippen molar-refractivity contribution in [2.75, 3.05) is 25.1 Å². The smallest absolute Gasteiger partial charge is 0.146 e. The highest BCUT2D eigenvalue weighted by molar-refractivity contribution is 14.1. The summed E-state index contributed by atoms with van der Waals surface area (Å²) in [7, 11) is 0. The molecule has 0 saturated heterocycles. The Kier molecular flexibility index (Phi) is 3.76. The Morgan fingerprint density at radius 1 is 1.47 bits per heavy atom. The largest absolute Gasteiger partial charge is 0.372 e. The molecule has 80 valence electrons. The Labute approximate surface area is 106 Å². The lowest BCUT2D eigenvalue weighted by molar-refractivity contribution is 0.171. The van der Waals surface area contributed by atoms with E-state index in [1.165, 1.54) is 0 Å². The third-order valence-electron chi connectivity index (χ3n) is 1.85. The second-order valence-corrected chi connectivity index (χ2v) is 4.52. The van der Waals surface area contributed by atoms with Gasteiger partial charge in [0.1, 0.15) is 23.4 Å².